The normalized spacial score (nSPS) is 19.1. The van der Waals surface area contributed by atoms with Gasteiger partial charge in [-0.2, -0.15) is 0 Å². The first-order valence-corrected chi connectivity index (χ1v) is 8.40. The molecule has 1 aliphatic heterocycles. The van der Waals surface area contributed by atoms with E-state index in [0.29, 0.717) is 30.8 Å². The molecule has 4 nitrogen and oxygen atoms in total. The van der Waals surface area contributed by atoms with Crippen LogP contribution in [0.5, 0.6) is 0 Å². The minimum atomic E-state index is 0.234. The smallest absolute Gasteiger partial charge is 0.222 e. The number of carbonyl (C=O) groups is 1. The van der Waals surface area contributed by atoms with Crippen LogP contribution >= 0.6 is 0 Å². The molecule has 0 aromatic heterocycles. The predicted octanol–water partition coefficient (Wildman–Crippen LogP) is 2.33. The lowest BCUT2D eigenvalue weighted by Gasteiger charge is -2.36. The van der Waals surface area contributed by atoms with Gasteiger partial charge in [-0.05, 0) is 57.7 Å². The molecule has 0 saturated carbocycles. The van der Waals surface area contributed by atoms with E-state index in [-0.39, 0.29) is 5.41 Å². The van der Waals surface area contributed by atoms with E-state index in [2.05, 4.69) is 44.7 Å². The van der Waals surface area contributed by atoms with E-state index < -0.39 is 0 Å². The molecule has 0 radical (unpaired) electrons. The molecule has 0 aliphatic carbocycles. The van der Waals surface area contributed by atoms with Gasteiger partial charge in [-0.25, -0.2) is 0 Å². The van der Waals surface area contributed by atoms with Gasteiger partial charge in [-0.3, -0.25) is 4.79 Å². The van der Waals surface area contributed by atoms with Crippen LogP contribution in [0.15, 0.2) is 0 Å². The quantitative estimate of drug-likeness (QED) is 0.818. The number of nitrogens with two attached hydrogens (primary N) is 1. The van der Waals surface area contributed by atoms with Crippen LogP contribution in [0.25, 0.3) is 0 Å². The second-order valence-electron chi connectivity index (χ2n) is 7.75. The maximum Gasteiger partial charge on any atom is 0.222 e. The molecule has 0 aromatic rings. The summed E-state index contributed by atoms with van der Waals surface area (Å²) in [7, 11) is 4.26. The van der Waals surface area contributed by atoms with Gasteiger partial charge in [0.25, 0.3) is 0 Å². The summed E-state index contributed by atoms with van der Waals surface area (Å²) in [4.78, 5) is 16.7. The maximum absolute atomic E-state index is 12.4. The molecule has 21 heavy (non-hydrogen) atoms. The third-order valence-electron chi connectivity index (χ3n) is 4.99. The number of rotatable bonds is 6. The highest BCUT2D eigenvalue weighted by Gasteiger charge is 2.27. The highest BCUT2D eigenvalue weighted by molar-refractivity contribution is 5.76. The molecule has 4 heteroatoms. The van der Waals surface area contributed by atoms with Crippen LogP contribution in [0.3, 0.4) is 0 Å². The second kappa shape index (κ2) is 8.14. The van der Waals surface area contributed by atoms with E-state index in [1.54, 1.807) is 0 Å². The van der Waals surface area contributed by atoms with Crippen molar-refractivity contribution in [2.24, 2.45) is 17.1 Å². The van der Waals surface area contributed by atoms with Gasteiger partial charge in [0, 0.05) is 25.6 Å². The summed E-state index contributed by atoms with van der Waals surface area (Å²) in [6.07, 6.45) is 4.86. The van der Waals surface area contributed by atoms with Gasteiger partial charge in [0.1, 0.15) is 0 Å². The lowest BCUT2D eigenvalue weighted by Crippen LogP contribution is -2.44. The molecule has 2 N–H and O–H groups in total. The van der Waals surface area contributed by atoms with Crippen LogP contribution in [0.2, 0.25) is 0 Å². The van der Waals surface area contributed by atoms with Crippen molar-refractivity contribution in [1.29, 1.82) is 0 Å². The molecule has 1 heterocycles. The third-order valence-corrected chi connectivity index (χ3v) is 4.99. The maximum atomic E-state index is 12.4. The van der Waals surface area contributed by atoms with Gasteiger partial charge in [0.2, 0.25) is 5.91 Å². The zero-order chi connectivity index (χ0) is 16.0. The van der Waals surface area contributed by atoms with Gasteiger partial charge in [-0.15, -0.1) is 0 Å². The lowest BCUT2D eigenvalue weighted by atomic mass is 9.76. The fraction of sp³-hybridized carbons (Fsp3) is 0.941. The first kappa shape index (κ1) is 18.4. The monoisotopic (exact) mass is 297 g/mol. The van der Waals surface area contributed by atoms with Crippen molar-refractivity contribution >= 4 is 5.91 Å². The molecule has 1 atom stereocenters. The number of hydrogen-bond acceptors (Lipinski definition) is 3. The summed E-state index contributed by atoms with van der Waals surface area (Å²) >= 11 is 0. The first-order valence-electron chi connectivity index (χ1n) is 8.40. The van der Waals surface area contributed by atoms with Crippen molar-refractivity contribution in [3.8, 4) is 0 Å². The van der Waals surface area contributed by atoms with Crippen LogP contribution in [-0.4, -0.2) is 55.5 Å². The molecule has 1 aliphatic rings. The van der Waals surface area contributed by atoms with Crippen LogP contribution in [-0.2, 0) is 4.79 Å². The average molecular weight is 297 g/mol. The van der Waals surface area contributed by atoms with Crippen molar-refractivity contribution in [3.63, 3.8) is 0 Å². The second-order valence-corrected chi connectivity index (χ2v) is 7.75. The largest absolute Gasteiger partial charge is 0.343 e. The topological polar surface area (TPSA) is 49.6 Å². The Balaban J connectivity index is 2.40. The van der Waals surface area contributed by atoms with Crippen molar-refractivity contribution < 1.29 is 4.79 Å². The fourth-order valence-corrected chi connectivity index (χ4v) is 3.30. The van der Waals surface area contributed by atoms with Gasteiger partial charge in [0.15, 0.2) is 0 Å². The third kappa shape index (κ3) is 5.95. The molecule has 0 aromatic carbocycles. The number of hydrogen-bond donors (Lipinski definition) is 1. The van der Waals surface area contributed by atoms with Gasteiger partial charge in [-0.1, -0.05) is 20.8 Å². The van der Waals surface area contributed by atoms with Crippen molar-refractivity contribution in [2.45, 2.75) is 58.9 Å². The summed E-state index contributed by atoms with van der Waals surface area (Å²) in [5.74, 6) is 0.865. The average Bonchev–Trinajstić information content (AvgIpc) is 2.42. The zero-order valence-corrected chi connectivity index (χ0v) is 14.7. The first-order chi connectivity index (χ1) is 9.75. The minimum Gasteiger partial charge on any atom is -0.343 e. The summed E-state index contributed by atoms with van der Waals surface area (Å²) in [6.45, 7) is 9.29. The predicted molar refractivity (Wildman–Crippen MR) is 89.1 cm³/mol. The molecule has 0 bridgehead atoms. The molecule has 1 amide bonds. The Bertz CT molecular complexity index is 314. The number of likely N-dealkylation sites (tertiary alicyclic amines) is 1. The number of nitrogens with zero attached hydrogens (tertiary/aromatic N) is 2. The zero-order valence-electron chi connectivity index (χ0n) is 14.7. The minimum absolute atomic E-state index is 0.234. The fourth-order valence-electron chi connectivity index (χ4n) is 3.30. The van der Waals surface area contributed by atoms with E-state index in [4.69, 9.17) is 5.73 Å². The molecule has 124 valence electrons. The van der Waals surface area contributed by atoms with E-state index in [0.717, 1.165) is 38.8 Å². The van der Waals surface area contributed by atoms with E-state index in [1.807, 2.05) is 0 Å². The Morgan fingerprint density at radius 1 is 1.24 bits per heavy atom. The van der Waals surface area contributed by atoms with Gasteiger partial charge >= 0.3 is 0 Å². The summed E-state index contributed by atoms with van der Waals surface area (Å²) in [5.41, 5.74) is 5.95. The van der Waals surface area contributed by atoms with Crippen LogP contribution in [0.1, 0.15) is 52.9 Å². The molecule has 1 unspecified atom stereocenters. The number of carbonyl (C=O) groups excluding carboxylic acids is 1. The van der Waals surface area contributed by atoms with Crippen molar-refractivity contribution in [2.75, 3.05) is 33.7 Å². The highest BCUT2D eigenvalue weighted by Crippen LogP contribution is 2.32. The summed E-state index contributed by atoms with van der Waals surface area (Å²) in [6, 6.07) is 0.633. The van der Waals surface area contributed by atoms with Gasteiger partial charge in [0.05, 0.1) is 0 Å². The van der Waals surface area contributed by atoms with Crippen molar-refractivity contribution in [1.82, 2.24) is 9.80 Å². The SMILES string of the molecule is CN(C)C1CCN(C(=O)CCC(CCN)C(C)(C)C)CC1. The Morgan fingerprint density at radius 2 is 1.81 bits per heavy atom. The lowest BCUT2D eigenvalue weighted by molar-refractivity contribution is -0.133. The highest BCUT2D eigenvalue weighted by atomic mass is 16.2. The number of piperidine rings is 1. The molecular formula is C17H35N3O. The molecule has 1 rings (SSSR count). The Kier molecular flexibility index (Phi) is 7.14. The summed E-state index contributed by atoms with van der Waals surface area (Å²) in [5, 5.41) is 0. The number of amides is 1. The Labute approximate surface area is 131 Å². The van der Waals surface area contributed by atoms with Crippen molar-refractivity contribution in [3.05, 3.63) is 0 Å². The van der Waals surface area contributed by atoms with E-state index >= 15 is 0 Å². The standard InChI is InChI=1S/C17H35N3O/c1-17(2,3)14(8-11-18)6-7-16(21)20-12-9-15(10-13-20)19(4)5/h14-15H,6-13,18H2,1-5H3. The molecular weight excluding hydrogens is 262 g/mol. The van der Waals surface area contributed by atoms with Crippen LogP contribution in [0, 0.1) is 11.3 Å². The molecule has 1 fully saturated rings. The molecule has 1 saturated heterocycles. The van der Waals surface area contributed by atoms with E-state index in [9.17, 15) is 4.79 Å². The Morgan fingerprint density at radius 3 is 2.24 bits per heavy atom. The Hall–Kier alpha value is -0.610. The van der Waals surface area contributed by atoms with Gasteiger partial charge < -0.3 is 15.5 Å². The summed E-state index contributed by atoms with van der Waals surface area (Å²) < 4.78 is 0. The molecule has 0 spiro atoms. The van der Waals surface area contributed by atoms with Crippen LogP contribution in [0.4, 0.5) is 0 Å². The van der Waals surface area contributed by atoms with E-state index in [1.165, 1.54) is 0 Å². The van der Waals surface area contributed by atoms with Crippen LogP contribution < -0.4 is 5.73 Å².